The van der Waals surface area contributed by atoms with Crippen molar-refractivity contribution in [3.8, 4) is 11.5 Å². The van der Waals surface area contributed by atoms with Crippen molar-refractivity contribution in [3.63, 3.8) is 0 Å². The zero-order valence-electron chi connectivity index (χ0n) is 23.0. The molecule has 4 amide bonds. The van der Waals surface area contributed by atoms with Crippen molar-refractivity contribution in [1.82, 2.24) is 4.90 Å². The van der Waals surface area contributed by atoms with Crippen LogP contribution in [0.4, 0.5) is 10.1 Å². The number of rotatable bonds is 6. The second kappa shape index (κ2) is 10.1. The van der Waals surface area contributed by atoms with Gasteiger partial charge in [-0.2, -0.15) is 0 Å². The lowest BCUT2D eigenvalue weighted by molar-refractivity contribution is -0.140. The number of benzene rings is 2. The molecule has 1 saturated carbocycles. The van der Waals surface area contributed by atoms with E-state index in [9.17, 15) is 28.7 Å². The SMILES string of the molecule is CCCN1C(=O)C2CC=C3C(CC4(Cl)C(=O)N(c5ccc(F)cc5)C(=O)C4(Cl)C3c3ccc(O)c(OCC)c3)C2C1=O. The van der Waals surface area contributed by atoms with Crippen LogP contribution in [0.15, 0.2) is 54.1 Å². The van der Waals surface area contributed by atoms with Gasteiger partial charge in [0.05, 0.1) is 24.1 Å². The number of halogens is 3. The van der Waals surface area contributed by atoms with Crippen molar-refractivity contribution < 1.29 is 33.4 Å². The summed E-state index contributed by atoms with van der Waals surface area (Å²) >= 11 is 14.7. The lowest BCUT2D eigenvalue weighted by Crippen LogP contribution is -2.60. The molecule has 0 spiro atoms. The normalized spacial score (nSPS) is 32.1. The summed E-state index contributed by atoms with van der Waals surface area (Å²) in [4.78, 5) is 53.6. The third kappa shape index (κ3) is 3.78. The molecule has 2 aliphatic carbocycles. The van der Waals surface area contributed by atoms with Crippen molar-refractivity contribution in [2.75, 3.05) is 18.1 Å². The van der Waals surface area contributed by atoms with Gasteiger partial charge in [0, 0.05) is 12.5 Å². The van der Waals surface area contributed by atoms with Gasteiger partial charge in [0.2, 0.25) is 11.8 Å². The fraction of sp³-hybridized carbons (Fsp3) is 0.419. The predicted octanol–water partition coefficient (Wildman–Crippen LogP) is 4.90. The number of phenols is 1. The van der Waals surface area contributed by atoms with E-state index in [1.807, 2.05) is 13.0 Å². The number of ether oxygens (including phenoxy) is 1. The molecule has 220 valence electrons. The lowest BCUT2D eigenvalue weighted by Gasteiger charge is -2.50. The van der Waals surface area contributed by atoms with Crippen LogP contribution in [0, 0.1) is 23.6 Å². The zero-order valence-corrected chi connectivity index (χ0v) is 24.5. The van der Waals surface area contributed by atoms with Gasteiger partial charge in [-0.15, -0.1) is 23.2 Å². The Hall–Kier alpha value is -3.43. The number of carbonyl (C=O) groups is 4. The first-order valence-corrected chi connectivity index (χ1v) is 14.8. The monoisotopic (exact) mass is 614 g/mol. The Morgan fingerprint density at radius 3 is 2.38 bits per heavy atom. The van der Waals surface area contributed by atoms with Crippen LogP contribution in [0.25, 0.3) is 0 Å². The van der Waals surface area contributed by atoms with E-state index in [1.165, 1.54) is 23.1 Å². The zero-order chi connectivity index (χ0) is 30.1. The summed E-state index contributed by atoms with van der Waals surface area (Å²) < 4.78 is 19.4. The molecule has 0 bridgehead atoms. The number of hydrogen-bond acceptors (Lipinski definition) is 6. The summed E-state index contributed by atoms with van der Waals surface area (Å²) in [6.45, 7) is 4.17. The van der Waals surface area contributed by atoms with Gasteiger partial charge in [0.1, 0.15) is 5.82 Å². The second-order valence-corrected chi connectivity index (χ2v) is 12.5. The van der Waals surface area contributed by atoms with Crippen LogP contribution in [-0.2, 0) is 19.2 Å². The Labute approximate surface area is 252 Å². The van der Waals surface area contributed by atoms with Gasteiger partial charge in [-0.25, -0.2) is 9.29 Å². The highest BCUT2D eigenvalue weighted by atomic mass is 35.5. The van der Waals surface area contributed by atoms with Crippen LogP contribution in [0.3, 0.4) is 0 Å². The predicted molar refractivity (Wildman–Crippen MR) is 153 cm³/mol. The van der Waals surface area contributed by atoms with Crippen LogP contribution < -0.4 is 9.64 Å². The number of likely N-dealkylation sites (tertiary alicyclic amines) is 1. The quantitative estimate of drug-likeness (QED) is 0.282. The molecular weight excluding hydrogens is 586 g/mol. The number of fused-ring (bicyclic) bond motifs is 4. The van der Waals surface area contributed by atoms with E-state index in [0.29, 0.717) is 17.6 Å². The molecule has 0 aromatic heterocycles. The van der Waals surface area contributed by atoms with Crippen molar-refractivity contribution in [3.05, 3.63) is 65.5 Å². The van der Waals surface area contributed by atoms with Gasteiger partial charge in [0.25, 0.3) is 11.8 Å². The maximum Gasteiger partial charge on any atom is 0.258 e. The van der Waals surface area contributed by atoms with Gasteiger partial charge in [-0.1, -0.05) is 24.6 Å². The minimum Gasteiger partial charge on any atom is -0.504 e. The summed E-state index contributed by atoms with van der Waals surface area (Å²) in [5.74, 6) is -5.72. The molecule has 2 aromatic carbocycles. The van der Waals surface area contributed by atoms with Gasteiger partial charge >= 0.3 is 0 Å². The summed E-state index contributed by atoms with van der Waals surface area (Å²) in [6, 6.07) is 9.42. The van der Waals surface area contributed by atoms with Crippen molar-refractivity contribution in [2.24, 2.45) is 17.8 Å². The van der Waals surface area contributed by atoms with E-state index < -0.39 is 51.1 Å². The molecule has 2 heterocycles. The number of aromatic hydroxyl groups is 1. The molecule has 2 aromatic rings. The van der Waals surface area contributed by atoms with Crippen LogP contribution >= 0.6 is 23.2 Å². The number of imide groups is 2. The molecule has 6 rings (SSSR count). The number of alkyl halides is 2. The number of allylic oxidation sites excluding steroid dienone is 2. The average molecular weight is 615 g/mol. The van der Waals surface area contributed by atoms with Gasteiger partial charge < -0.3 is 9.84 Å². The fourth-order valence-corrected chi connectivity index (χ4v) is 8.20. The molecule has 11 heteroatoms. The van der Waals surface area contributed by atoms with Crippen LogP contribution in [-0.4, -0.2) is 56.5 Å². The Morgan fingerprint density at radius 1 is 1.00 bits per heavy atom. The number of amides is 4. The van der Waals surface area contributed by atoms with Gasteiger partial charge in [-0.3, -0.25) is 24.1 Å². The molecule has 8 nitrogen and oxygen atoms in total. The first-order chi connectivity index (χ1) is 20.0. The smallest absolute Gasteiger partial charge is 0.258 e. The van der Waals surface area contributed by atoms with Crippen LogP contribution in [0.2, 0.25) is 0 Å². The molecule has 2 saturated heterocycles. The Morgan fingerprint density at radius 2 is 1.71 bits per heavy atom. The Kier molecular flexibility index (Phi) is 6.89. The minimum absolute atomic E-state index is 0.108. The number of phenolic OH excluding ortho intramolecular Hbond substituents is 1. The van der Waals surface area contributed by atoms with Gasteiger partial charge in [-0.05, 0) is 74.1 Å². The lowest BCUT2D eigenvalue weighted by atomic mass is 9.56. The largest absolute Gasteiger partial charge is 0.504 e. The molecule has 3 fully saturated rings. The second-order valence-electron chi connectivity index (χ2n) is 11.2. The summed E-state index contributed by atoms with van der Waals surface area (Å²) in [5.41, 5.74) is 1.20. The standard InChI is InChI=1S/C31H29Cl2FN2O6/c1-3-13-35-26(38)20-11-10-19-21(24(20)27(35)39)15-30(32)28(40)36(18-8-6-17(34)7-9-18)29(41)31(30,33)25(19)16-5-12-22(37)23(14-16)42-4-2/h5-10,12,14,20-21,24-25,37H,3-4,11,13,15H2,1-2H3. The number of nitrogens with zero attached hydrogens (tertiary/aromatic N) is 2. The first kappa shape index (κ1) is 28.7. The number of carbonyl (C=O) groups excluding carboxylic acids is 4. The fourth-order valence-electron chi connectivity index (χ4n) is 7.26. The van der Waals surface area contributed by atoms with Crippen LogP contribution in [0.5, 0.6) is 11.5 Å². The molecule has 6 atom stereocenters. The maximum atomic E-state index is 14.3. The Bertz CT molecular complexity index is 1550. The topological polar surface area (TPSA) is 104 Å². The first-order valence-electron chi connectivity index (χ1n) is 14.0. The average Bonchev–Trinajstić information content (AvgIpc) is 3.29. The molecule has 0 radical (unpaired) electrons. The summed E-state index contributed by atoms with van der Waals surface area (Å²) in [6.07, 6.45) is 2.56. The van der Waals surface area contributed by atoms with Crippen LogP contribution in [0.1, 0.15) is 44.6 Å². The number of anilines is 1. The van der Waals surface area contributed by atoms with E-state index in [1.54, 1.807) is 19.1 Å². The Balaban J connectivity index is 1.55. The summed E-state index contributed by atoms with van der Waals surface area (Å²) in [7, 11) is 0. The molecular formula is C31H29Cl2FN2O6. The third-order valence-corrected chi connectivity index (χ3v) is 10.5. The van der Waals surface area contributed by atoms with E-state index in [2.05, 4.69) is 0 Å². The van der Waals surface area contributed by atoms with E-state index in [0.717, 1.165) is 17.0 Å². The highest BCUT2D eigenvalue weighted by molar-refractivity contribution is 6.58. The minimum atomic E-state index is -2.05. The van der Waals surface area contributed by atoms with Gasteiger partial charge in [0.15, 0.2) is 21.2 Å². The molecule has 2 aliphatic heterocycles. The maximum absolute atomic E-state index is 14.3. The van der Waals surface area contributed by atoms with E-state index in [-0.39, 0.29) is 55.0 Å². The molecule has 1 N–H and O–H groups in total. The third-order valence-electron chi connectivity index (χ3n) is 9.05. The molecule has 42 heavy (non-hydrogen) atoms. The highest BCUT2D eigenvalue weighted by Crippen LogP contribution is 2.66. The number of hydrogen-bond donors (Lipinski definition) is 1. The van der Waals surface area contributed by atoms with E-state index >= 15 is 0 Å². The van der Waals surface area contributed by atoms with Crippen molar-refractivity contribution in [2.45, 2.75) is 48.8 Å². The summed E-state index contributed by atoms with van der Waals surface area (Å²) in [5, 5.41) is 10.4. The molecule has 4 aliphatic rings. The van der Waals surface area contributed by atoms with E-state index in [4.69, 9.17) is 27.9 Å². The highest BCUT2D eigenvalue weighted by Gasteiger charge is 2.76. The molecule has 6 unspecified atom stereocenters. The van der Waals surface area contributed by atoms with Crippen molar-refractivity contribution in [1.29, 1.82) is 0 Å². The van der Waals surface area contributed by atoms with Crippen molar-refractivity contribution >= 4 is 52.5 Å².